The van der Waals surface area contributed by atoms with Crippen LogP contribution in [0.2, 0.25) is 0 Å². The molecule has 0 N–H and O–H groups in total. The molecule has 2 aromatic carbocycles. The Hall–Kier alpha value is -3.79. The predicted octanol–water partition coefficient (Wildman–Crippen LogP) is 7.58. The van der Waals surface area contributed by atoms with Gasteiger partial charge in [0.2, 0.25) is 48.4 Å². The Kier molecular flexibility index (Phi) is 11.7. The number of hydrogen-bond acceptors (Lipinski definition) is 12. The van der Waals surface area contributed by atoms with E-state index >= 15 is 0 Å². The fourth-order valence-electron chi connectivity index (χ4n) is 3.22. The highest BCUT2D eigenvalue weighted by atomic mass is 32.1. The summed E-state index contributed by atoms with van der Waals surface area (Å²) in [6.45, 7) is 4.52. The van der Waals surface area contributed by atoms with Crippen LogP contribution in [0.1, 0.15) is 42.9 Å². The van der Waals surface area contributed by atoms with Gasteiger partial charge in [-0.15, -0.1) is 11.3 Å². The first-order valence-corrected chi connectivity index (χ1v) is 15.0. The molecule has 0 spiro atoms. The minimum atomic E-state index is -4.22. The first-order chi connectivity index (χ1) is 20.6. The molecule has 0 amide bonds. The van der Waals surface area contributed by atoms with Gasteiger partial charge in [-0.3, -0.25) is 13.6 Å². The van der Waals surface area contributed by atoms with Crippen molar-refractivity contribution in [2.75, 3.05) is 13.6 Å². The highest BCUT2D eigenvalue weighted by molar-refractivity contribution is 7.53. The molecular weight excluding hydrogens is 646 g/mol. The minimum absolute atomic E-state index is 0.271. The summed E-state index contributed by atoms with van der Waals surface area (Å²) < 4.78 is 116. The van der Waals surface area contributed by atoms with Crippen molar-refractivity contribution < 1.29 is 73.6 Å². The van der Waals surface area contributed by atoms with Crippen LogP contribution in [0.5, 0.6) is 5.75 Å². The molecule has 11 nitrogen and oxygen atoms in total. The molecule has 240 valence electrons. The average Bonchev–Trinajstić information content (AvgIpc) is 3.36. The van der Waals surface area contributed by atoms with Crippen LogP contribution < -0.4 is 4.74 Å². The van der Waals surface area contributed by atoms with E-state index in [4.69, 9.17) is 28.0 Å². The zero-order valence-corrected chi connectivity index (χ0v) is 25.0. The molecule has 3 aromatic rings. The molecule has 0 saturated carbocycles. The molecule has 0 radical (unpaired) electrons. The number of carbonyl (C=O) groups is 3. The lowest BCUT2D eigenvalue weighted by atomic mass is 10.2. The summed E-state index contributed by atoms with van der Waals surface area (Å²) in [5, 5.41) is 0.317. The topological polar surface area (TPSA) is 133 Å². The van der Waals surface area contributed by atoms with E-state index in [0.717, 1.165) is 11.3 Å². The van der Waals surface area contributed by atoms with E-state index in [1.165, 1.54) is 24.3 Å². The third kappa shape index (κ3) is 9.11. The molecule has 0 aliphatic carbocycles. The fourth-order valence-corrected chi connectivity index (χ4v) is 5.47. The monoisotopic (exact) mass is 670 g/mol. The van der Waals surface area contributed by atoms with Crippen LogP contribution in [-0.4, -0.2) is 44.1 Å². The maximum Gasteiger partial charge on any atom is 0.510 e. The number of thiophene rings is 1. The van der Waals surface area contributed by atoms with Gasteiger partial charge in [-0.1, -0.05) is 6.07 Å². The first kappa shape index (κ1) is 34.7. The van der Waals surface area contributed by atoms with Gasteiger partial charge in [0.25, 0.3) is 0 Å². The van der Waals surface area contributed by atoms with Crippen molar-refractivity contribution in [2.24, 2.45) is 0 Å². The Morgan fingerprint density at radius 3 is 1.77 bits per heavy atom. The SMILES string of the molecule is CC(C)OC(=O)OCOP(=O)(Cc1ccc2sc(C(=O)Oc3c(F)c(F)c(F)c(F)c3F)cc2c1)OCOC(=O)OC(C)C. The molecule has 1 aromatic heterocycles. The second-order valence-corrected chi connectivity index (χ2v) is 12.3. The number of rotatable bonds is 12. The Morgan fingerprint density at radius 1 is 0.773 bits per heavy atom. The second-order valence-electron chi connectivity index (χ2n) is 9.16. The molecule has 0 saturated heterocycles. The molecule has 0 atom stereocenters. The standard InChI is InChI=1S/C26H24F5O11PS/c1-12(2)40-25(33)36-10-38-43(35,39-11-37-26(34)41-13(3)4)9-14-5-6-16-15(7-14)8-17(44-16)24(32)42-23-21(30)19(28)18(27)20(29)22(23)31/h5-8,12-13H,9-11H2,1-4H3. The average molecular weight is 670 g/mol. The zero-order chi connectivity index (χ0) is 32.8. The van der Waals surface area contributed by atoms with E-state index in [2.05, 4.69) is 4.74 Å². The summed E-state index contributed by atoms with van der Waals surface area (Å²) in [5.41, 5.74) is 0.271. The van der Waals surface area contributed by atoms with Gasteiger partial charge in [-0.2, -0.15) is 8.78 Å². The Labute approximate surface area is 250 Å². The highest BCUT2D eigenvalue weighted by Crippen LogP contribution is 2.51. The van der Waals surface area contributed by atoms with E-state index in [1.807, 2.05) is 0 Å². The molecular formula is C26H24F5O11PS. The Bertz CT molecular complexity index is 1530. The highest BCUT2D eigenvalue weighted by Gasteiger charge is 2.30. The van der Waals surface area contributed by atoms with Crippen LogP contribution in [0.15, 0.2) is 24.3 Å². The van der Waals surface area contributed by atoms with Gasteiger partial charge in [-0.05, 0) is 56.8 Å². The summed E-state index contributed by atoms with van der Waals surface area (Å²) >= 11 is 0.763. The van der Waals surface area contributed by atoms with Crippen LogP contribution in [-0.2, 0) is 38.7 Å². The number of esters is 1. The van der Waals surface area contributed by atoms with Crippen molar-refractivity contribution in [1.82, 2.24) is 0 Å². The normalized spacial score (nSPS) is 11.6. The maximum atomic E-state index is 14.0. The van der Waals surface area contributed by atoms with Gasteiger partial charge in [0, 0.05) is 4.70 Å². The van der Waals surface area contributed by atoms with Gasteiger partial charge in [-0.25, -0.2) is 27.6 Å². The molecule has 0 bridgehead atoms. The second kappa shape index (κ2) is 14.8. The quantitative estimate of drug-likeness (QED) is 0.0359. The first-order valence-electron chi connectivity index (χ1n) is 12.4. The van der Waals surface area contributed by atoms with Gasteiger partial charge in [0.05, 0.1) is 18.4 Å². The van der Waals surface area contributed by atoms with Gasteiger partial charge >= 0.3 is 25.9 Å². The Morgan fingerprint density at radius 2 is 1.27 bits per heavy atom. The van der Waals surface area contributed by atoms with Crippen LogP contribution >= 0.6 is 18.9 Å². The number of benzene rings is 2. The number of fused-ring (bicyclic) bond motifs is 1. The number of ether oxygens (including phenoxy) is 5. The summed E-state index contributed by atoms with van der Waals surface area (Å²) in [4.78, 5) is 35.5. The number of carbonyl (C=O) groups excluding carboxylic acids is 3. The van der Waals surface area contributed by atoms with Gasteiger partial charge < -0.3 is 23.7 Å². The van der Waals surface area contributed by atoms with Crippen LogP contribution in [0.3, 0.4) is 0 Å². The molecule has 18 heteroatoms. The van der Waals surface area contributed by atoms with E-state index in [-0.39, 0.29) is 10.4 Å². The predicted molar refractivity (Wildman–Crippen MR) is 142 cm³/mol. The van der Waals surface area contributed by atoms with Crippen molar-refractivity contribution in [3.63, 3.8) is 0 Å². The van der Waals surface area contributed by atoms with E-state index in [1.54, 1.807) is 27.7 Å². The molecule has 1 heterocycles. The van der Waals surface area contributed by atoms with Crippen LogP contribution in [0.4, 0.5) is 31.5 Å². The molecule has 0 aliphatic heterocycles. The third-order valence-electron chi connectivity index (χ3n) is 5.04. The lowest BCUT2D eigenvalue weighted by Gasteiger charge is -2.19. The van der Waals surface area contributed by atoms with Crippen molar-refractivity contribution in [3.05, 3.63) is 63.8 Å². The molecule has 44 heavy (non-hydrogen) atoms. The molecule has 0 fully saturated rings. The van der Waals surface area contributed by atoms with Crippen molar-refractivity contribution >= 4 is 47.3 Å². The molecule has 3 rings (SSSR count). The van der Waals surface area contributed by atoms with Crippen LogP contribution in [0, 0.1) is 29.1 Å². The number of hydrogen-bond donors (Lipinski definition) is 0. The van der Waals surface area contributed by atoms with Crippen molar-refractivity contribution in [2.45, 2.75) is 46.1 Å². The van der Waals surface area contributed by atoms with Crippen molar-refractivity contribution in [3.8, 4) is 5.75 Å². The number of halogens is 5. The van der Waals surface area contributed by atoms with E-state index < -0.39 is 92.7 Å². The Balaban J connectivity index is 1.78. The summed E-state index contributed by atoms with van der Waals surface area (Å²) in [5.74, 6) is -14.8. The third-order valence-corrected chi connectivity index (χ3v) is 7.88. The zero-order valence-electron chi connectivity index (χ0n) is 23.3. The summed E-state index contributed by atoms with van der Waals surface area (Å²) in [6.07, 6.45) is -3.74. The molecule has 0 aliphatic rings. The van der Waals surface area contributed by atoms with Crippen LogP contribution in [0.25, 0.3) is 10.1 Å². The lowest BCUT2D eigenvalue weighted by molar-refractivity contribution is -0.0304. The molecule has 0 unspecified atom stereocenters. The maximum absolute atomic E-state index is 14.0. The minimum Gasteiger partial charge on any atom is -0.432 e. The largest absolute Gasteiger partial charge is 0.510 e. The lowest BCUT2D eigenvalue weighted by Crippen LogP contribution is -2.16. The summed E-state index contributed by atoms with van der Waals surface area (Å²) in [7, 11) is -4.22. The smallest absolute Gasteiger partial charge is 0.432 e. The summed E-state index contributed by atoms with van der Waals surface area (Å²) in [6, 6.07) is 5.52. The van der Waals surface area contributed by atoms with Gasteiger partial charge in [0.15, 0.2) is 0 Å². The van der Waals surface area contributed by atoms with Gasteiger partial charge in [0.1, 0.15) is 4.88 Å². The fraction of sp³-hybridized carbons (Fsp3) is 0.346. The van der Waals surface area contributed by atoms with Crippen molar-refractivity contribution in [1.29, 1.82) is 0 Å². The van der Waals surface area contributed by atoms with E-state index in [9.17, 15) is 40.9 Å². The van der Waals surface area contributed by atoms with E-state index in [0.29, 0.717) is 10.1 Å².